The van der Waals surface area contributed by atoms with E-state index >= 15 is 0 Å². The lowest BCUT2D eigenvalue weighted by Gasteiger charge is -2.09. The molecule has 0 bridgehead atoms. The van der Waals surface area contributed by atoms with Gasteiger partial charge in [-0.15, -0.1) is 0 Å². The number of para-hydroxylation sites is 1. The van der Waals surface area contributed by atoms with Crippen molar-refractivity contribution in [3.63, 3.8) is 0 Å². The van der Waals surface area contributed by atoms with Gasteiger partial charge in [-0.1, -0.05) is 56.2 Å². The third-order valence-corrected chi connectivity index (χ3v) is 4.42. The van der Waals surface area contributed by atoms with Crippen LogP contribution < -0.4 is 10.1 Å². The Labute approximate surface area is 160 Å². The smallest absolute Gasteiger partial charge is 0.410 e. The number of hydrogen-bond donors (Lipinski definition) is 1. The Morgan fingerprint density at radius 1 is 1.15 bits per heavy atom. The van der Waals surface area contributed by atoms with Gasteiger partial charge in [0.1, 0.15) is 11.6 Å². The monoisotopic (exact) mass is 363 g/mol. The molecule has 0 aliphatic rings. The van der Waals surface area contributed by atoms with Crippen molar-refractivity contribution in [2.45, 2.75) is 39.5 Å². The van der Waals surface area contributed by atoms with Crippen LogP contribution in [0.5, 0.6) is 5.75 Å². The van der Waals surface area contributed by atoms with Crippen molar-refractivity contribution in [1.29, 1.82) is 0 Å². The van der Waals surface area contributed by atoms with Crippen LogP contribution in [0.2, 0.25) is 0 Å². The number of aryl methyl sites for hydroxylation is 1. The average Bonchev–Trinajstić information content (AvgIpc) is 3.07. The molecule has 0 spiro atoms. The van der Waals surface area contributed by atoms with Crippen LogP contribution in [0.25, 0.3) is 5.69 Å². The molecule has 0 radical (unpaired) electrons. The van der Waals surface area contributed by atoms with Crippen LogP contribution in [0.3, 0.4) is 0 Å². The second-order valence-electron chi connectivity index (χ2n) is 6.72. The summed E-state index contributed by atoms with van der Waals surface area (Å²) >= 11 is 0. The molecule has 5 nitrogen and oxygen atoms in total. The molecule has 0 saturated carbocycles. The van der Waals surface area contributed by atoms with E-state index in [1.54, 1.807) is 16.8 Å². The molecule has 5 heteroatoms. The standard InChI is InChI=1S/C22H25N3O2/c1-4-8-17(3)20-15-21(23-22(26)27-19-9-6-5-7-10-19)25(24-20)18-13-11-16(2)12-14-18/h5-7,9-15,17H,4,8H2,1-3H3,(H,23,26). The van der Waals surface area contributed by atoms with Crippen LogP contribution >= 0.6 is 0 Å². The number of nitrogens with zero attached hydrogens (tertiary/aromatic N) is 2. The minimum atomic E-state index is -0.538. The second kappa shape index (κ2) is 8.54. The number of nitrogens with one attached hydrogen (secondary N) is 1. The number of rotatable bonds is 6. The summed E-state index contributed by atoms with van der Waals surface area (Å²) in [4.78, 5) is 12.3. The highest BCUT2D eigenvalue weighted by atomic mass is 16.6. The minimum Gasteiger partial charge on any atom is -0.410 e. The van der Waals surface area contributed by atoms with Crippen molar-refractivity contribution >= 4 is 11.9 Å². The van der Waals surface area contributed by atoms with Gasteiger partial charge >= 0.3 is 6.09 Å². The zero-order valence-electron chi connectivity index (χ0n) is 16.0. The summed E-state index contributed by atoms with van der Waals surface area (Å²) in [6.07, 6.45) is 1.58. The summed E-state index contributed by atoms with van der Waals surface area (Å²) in [5.74, 6) is 1.40. The third-order valence-electron chi connectivity index (χ3n) is 4.42. The Morgan fingerprint density at radius 2 is 1.85 bits per heavy atom. The maximum absolute atomic E-state index is 12.3. The molecule has 1 amide bonds. The number of benzene rings is 2. The molecule has 1 atom stereocenters. The van der Waals surface area contributed by atoms with Gasteiger partial charge in [0.2, 0.25) is 0 Å². The van der Waals surface area contributed by atoms with E-state index in [1.165, 1.54) is 5.56 Å². The zero-order valence-corrected chi connectivity index (χ0v) is 16.0. The van der Waals surface area contributed by atoms with Crippen LogP contribution in [-0.2, 0) is 0 Å². The Morgan fingerprint density at radius 3 is 2.52 bits per heavy atom. The highest BCUT2D eigenvalue weighted by Crippen LogP contribution is 2.25. The van der Waals surface area contributed by atoms with Gasteiger partial charge in [-0.3, -0.25) is 5.32 Å². The number of carbonyl (C=O) groups is 1. The molecule has 0 saturated heterocycles. The highest BCUT2D eigenvalue weighted by molar-refractivity contribution is 5.85. The van der Waals surface area contributed by atoms with Crippen molar-refractivity contribution in [3.05, 3.63) is 71.9 Å². The normalized spacial score (nSPS) is 11.8. The summed E-state index contributed by atoms with van der Waals surface area (Å²) in [5, 5.41) is 7.56. The average molecular weight is 363 g/mol. The summed E-state index contributed by atoms with van der Waals surface area (Å²) in [6.45, 7) is 6.35. The SMILES string of the molecule is CCCC(C)c1cc(NC(=O)Oc2ccccc2)n(-c2ccc(C)cc2)n1. The molecule has 1 heterocycles. The van der Waals surface area contributed by atoms with Crippen LogP contribution in [0.15, 0.2) is 60.7 Å². The number of amides is 1. The van der Waals surface area contributed by atoms with E-state index in [4.69, 9.17) is 9.84 Å². The molecule has 0 fully saturated rings. The third kappa shape index (κ3) is 4.76. The topological polar surface area (TPSA) is 56.1 Å². The zero-order chi connectivity index (χ0) is 19.2. The lowest BCUT2D eigenvalue weighted by molar-refractivity contribution is 0.215. The quantitative estimate of drug-likeness (QED) is 0.611. The number of anilines is 1. The van der Waals surface area contributed by atoms with Crippen molar-refractivity contribution < 1.29 is 9.53 Å². The van der Waals surface area contributed by atoms with E-state index in [0.29, 0.717) is 17.5 Å². The molecule has 0 aliphatic carbocycles. The number of aromatic nitrogens is 2. The van der Waals surface area contributed by atoms with Crippen molar-refractivity contribution in [2.75, 3.05) is 5.32 Å². The first-order valence-corrected chi connectivity index (χ1v) is 9.27. The fourth-order valence-electron chi connectivity index (χ4n) is 2.92. The van der Waals surface area contributed by atoms with Gasteiger partial charge in [0, 0.05) is 12.0 Å². The summed E-state index contributed by atoms with van der Waals surface area (Å²) < 4.78 is 7.11. The molecule has 27 heavy (non-hydrogen) atoms. The second-order valence-corrected chi connectivity index (χ2v) is 6.72. The lowest BCUT2D eigenvalue weighted by atomic mass is 10.0. The van der Waals surface area contributed by atoms with Crippen LogP contribution in [0.1, 0.15) is 43.9 Å². The van der Waals surface area contributed by atoms with E-state index in [1.807, 2.05) is 55.5 Å². The van der Waals surface area contributed by atoms with E-state index in [9.17, 15) is 4.79 Å². The number of ether oxygens (including phenoxy) is 1. The van der Waals surface area contributed by atoms with Gasteiger partial charge in [-0.25, -0.2) is 9.48 Å². The molecule has 3 aromatic rings. The summed E-state index contributed by atoms with van der Waals surface area (Å²) in [6, 6.07) is 19.0. The van der Waals surface area contributed by atoms with E-state index in [-0.39, 0.29) is 0 Å². The van der Waals surface area contributed by atoms with E-state index in [2.05, 4.69) is 19.2 Å². The predicted molar refractivity (Wildman–Crippen MR) is 108 cm³/mol. The molecule has 1 aromatic heterocycles. The van der Waals surface area contributed by atoms with Gasteiger partial charge in [0.25, 0.3) is 0 Å². The highest BCUT2D eigenvalue weighted by Gasteiger charge is 2.17. The summed E-state index contributed by atoms with van der Waals surface area (Å²) in [7, 11) is 0. The van der Waals surface area contributed by atoms with E-state index < -0.39 is 6.09 Å². The first kappa shape index (κ1) is 18.7. The number of carbonyl (C=O) groups excluding carboxylic acids is 1. The fourth-order valence-corrected chi connectivity index (χ4v) is 2.92. The first-order valence-electron chi connectivity index (χ1n) is 9.27. The largest absolute Gasteiger partial charge is 0.418 e. The van der Waals surface area contributed by atoms with E-state index in [0.717, 1.165) is 24.2 Å². The summed E-state index contributed by atoms with van der Waals surface area (Å²) in [5.41, 5.74) is 3.02. The van der Waals surface area contributed by atoms with Crippen molar-refractivity contribution in [1.82, 2.24) is 9.78 Å². The molecule has 2 aromatic carbocycles. The van der Waals surface area contributed by atoms with Crippen LogP contribution in [0, 0.1) is 6.92 Å². The van der Waals surface area contributed by atoms with Crippen molar-refractivity contribution in [2.24, 2.45) is 0 Å². The first-order chi connectivity index (χ1) is 13.1. The van der Waals surface area contributed by atoms with Gasteiger partial charge in [-0.2, -0.15) is 5.10 Å². The van der Waals surface area contributed by atoms with Crippen LogP contribution in [-0.4, -0.2) is 15.9 Å². The van der Waals surface area contributed by atoms with Gasteiger partial charge < -0.3 is 4.74 Å². The van der Waals surface area contributed by atoms with Gasteiger partial charge in [0.05, 0.1) is 11.4 Å². The van der Waals surface area contributed by atoms with Crippen molar-refractivity contribution in [3.8, 4) is 11.4 Å². The maximum Gasteiger partial charge on any atom is 0.418 e. The predicted octanol–water partition coefficient (Wildman–Crippen LogP) is 5.70. The molecule has 3 rings (SSSR count). The fraction of sp³-hybridized carbons (Fsp3) is 0.273. The molecular weight excluding hydrogens is 338 g/mol. The van der Waals surface area contributed by atoms with Gasteiger partial charge in [-0.05, 0) is 37.6 Å². The number of hydrogen-bond acceptors (Lipinski definition) is 3. The Hall–Kier alpha value is -3.08. The maximum atomic E-state index is 12.3. The molecule has 1 N–H and O–H groups in total. The lowest BCUT2D eigenvalue weighted by Crippen LogP contribution is -2.19. The molecule has 140 valence electrons. The minimum absolute atomic E-state index is 0.312. The van der Waals surface area contributed by atoms with Crippen LogP contribution in [0.4, 0.5) is 10.6 Å². The molecular formula is C22H25N3O2. The Bertz CT molecular complexity index is 886. The Balaban J connectivity index is 1.87. The molecule has 0 aliphatic heterocycles. The van der Waals surface area contributed by atoms with Gasteiger partial charge in [0.15, 0.2) is 0 Å². The molecule has 1 unspecified atom stereocenters. The Kier molecular flexibility index (Phi) is 5.91.